The minimum atomic E-state index is -1.61. The van der Waals surface area contributed by atoms with Crippen molar-refractivity contribution in [3.63, 3.8) is 0 Å². The van der Waals surface area contributed by atoms with Crippen molar-refractivity contribution in [3.05, 3.63) is 48.0 Å². The Hall–Kier alpha value is -2.80. The minimum Gasteiger partial charge on any atom is -0.494 e. The first-order valence-electron chi connectivity index (χ1n) is 10.2. The van der Waals surface area contributed by atoms with Crippen molar-refractivity contribution in [1.82, 2.24) is 15.0 Å². The first-order valence-corrected chi connectivity index (χ1v) is 10.2. The number of hydrogen-bond donors (Lipinski definition) is 4. The molecule has 1 aliphatic heterocycles. The molecule has 0 unspecified atom stereocenters. The number of fused-ring (bicyclic) bond motifs is 1. The minimum absolute atomic E-state index is 0.247. The Morgan fingerprint density at radius 1 is 1.06 bits per heavy atom. The van der Waals surface area contributed by atoms with Crippen molar-refractivity contribution >= 4 is 11.0 Å². The van der Waals surface area contributed by atoms with Crippen LogP contribution in [-0.4, -0.2) is 79.3 Å². The van der Waals surface area contributed by atoms with Gasteiger partial charge in [-0.15, -0.1) is 5.10 Å². The number of aliphatic hydroxyl groups is 4. The largest absolute Gasteiger partial charge is 0.494 e. The predicted octanol–water partition coefficient (Wildman–Crippen LogP) is -0.0114. The molecule has 0 amide bonds. The highest BCUT2D eigenvalue weighted by Gasteiger charge is 2.45. The number of nitrogens with zero attached hydrogens (tertiary/aromatic N) is 3. The molecular formula is C21H25N3O8. The summed E-state index contributed by atoms with van der Waals surface area (Å²) < 4.78 is 12.2. The molecule has 11 nitrogen and oxygen atoms in total. The van der Waals surface area contributed by atoms with E-state index in [1.807, 2.05) is 31.2 Å². The molecule has 172 valence electrons. The van der Waals surface area contributed by atoms with Crippen molar-refractivity contribution in [3.8, 4) is 11.5 Å². The molecule has 1 saturated heterocycles. The van der Waals surface area contributed by atoms with Crippen LogP contribution in [0.15, 0.2) is 42.5 Å². The van der Waals surface area contributed by atoms with Crippen molar-refractivity contribution in [2.45, 2.75) is 44.2 Å². The standard InChI is InChI=1S/C21H25N3O8/c1-2-29-13-8-6-12(7-9-13)10-24-17-14(22-23-24)4-3-5-15(17)31-32-20-19(27)18(26)16(11-25)30-21(20)28/h3-9,16,18-21,25-28H,2,10-11H2,1H3/t16-,18-,19+,20-,21-/m1/s1. The van der Waals surface area contributed by atoms with Gasteiger partial charge in [0.25, 0.3) is 0 Å². The molecule has 1 aromatic heterocycles. The van der Waals surface area contributed by atoms with E-state index in [1.165, 1.54) is 0 Å². The van der Waals surface area contributed by atoms with Gasteiger partial charge < -0.3 is 34.8 Å². The van der Waals surface area contributed by atoms with Gasteiger partial charge in [-0.05, 0) is 36.8 Å². The van der Waals surface area contributed by atoms with Crippen LogP contribution in [0, 0.1) is 0 Å². The first-order chi connectivity index (χ1) is 15.5. The maximum Gasteiger partial charge on any atom is 0.192 e. The van der Waals surface area contributed by atoms with Gasteiger partial charge in [0.1, 0.15) is 35.1 Å². The third-order valence-corrected chi connectivity index (χ3v) is 5.15. The van der Waals surface area contributed by atoms with Crippen LogP contribution >= 0.6 is 0 Å². The molecule has 4 rings (SSSR count). The molecule has 0 radical (unpaired) electrons. The van der Waals surface area contributed by atoms with Gasteiger partial charge in [0.15, 0.2) is 18.1 Å². The van der Waals surface area contributed by atoms with Crippen LogP contribution in [0.1, 0.15) is 12.5 Å². The van der Waals surface area contributed by atoms with E-state index >= 15 is 0 Å². The smallest absolute Gasteiger partial charge is 0.192 e. The number of para-hydroxylation sites is 1. The Balaban J connectivity index is 1.52. The molecule has 5 atom stereocenters. The second-order valence-electron chi connectivity index (χ2n) is 7.32. The normalized spacial score (nSPS) is 25.7. The van der Waals surface area contributed by atoms with E-state index in [2.05, 4.69) is 10.3 Å². The highest BCUT2D eigenvalue weighted by Crippen LogP contribution is 2.28. The summed E-state index contributed by atoms with van der Waals surface area (Å²) >= 11 is 0. The number of benzene rings is 2. The van der Waals surface area contributed by atoms with E-state index in [1.54, 1.807) is 22.9 Å². The van der Waals surface area contributed by atoms with Gasteiger partial charge in [-0.1, -0.05) is 23.4 Å². The van der Waals surface area contributed by atoms with E-state index in [9.17, 15) is 20.4 Å². The number of hydrogen-bond acceptors (Lipinski definition) is 10. The molecule has 4 N–H and O–H groups in total. The average molecular weight is 447 g/mol. The van der Waals surface area contributed by atoms with Gasteiger partial charge >= 0.3 is 0 Å². The second-order valence-corrected chi connectivity index (χ2v) is 7.32. The zero-order valence-corrected chi connectivity index (χ0v) is 17.3. The van der Waals surface area contributed by atoms with Crippen LogP contribution in [0.3, 0.4) is 0 Å². The van der Waals surface area contributed by atoms with E-state index in [0.29, 0.717) is 24.2 Å². The Bertz CT molecular complexity index is 1030. The highest BCUT2D eigenvalue weighted by atomic mass is 17.2. The maximum atomic E-state index is 10.2. The SMILES string of the molecule is CCOc1ccc(Cn2nnc3cccc(OO[C@@H]4[C@@H](O)[C@H](O)[C@@H](CO)O[C@H]4O)c32)cc1. The third kappa shape index (κ3) is 4.53. The molecule has 0 aliphatic carbocycles. The van der Waals surface area contributed by atoms with Gasteiger partial charge in [0.05, 0.1) is 19.8 Å². The summed E-state index contributed by atoms with van der Waals surface area (Å²) in [4.78, 5) is 10.6. The number of aliphatic hydroxyl groups excluding tert-OH is 4. The molecular weight excluding hydrogens is 422 g/mol. The lowest BCUT2D eigenvalue weighted by atomic mass is 9.99. The summed E-state index contributed by atoms with van der Waals surface area (Å²) in [5, 5.41) is 47.8. The summed E-state index contributed by atoms with van der Waals surface area (Å²) in [7, 11) is 0. The van der Waals surface area contributed by atoms with E-state index in [4.69, 9.17) is 19.2 Å². The number of rotatable bonds is 8. The van der Waals surface area contributed by atoms with Crippen molar-refractivity contribution in [2.75, 3.05) is 13.2 Å². The van der Waals surface area contributed by atoms with E-state index in [-0.39, 0.29) is 5.75 Å². The average Bonchev–Trinajstić information content (AvgIpc) is 3.21. The first kappa shape index (κ1) is 22.4. The molecule has 2 heterocycles. The summed E-state index contributed by atoms with van der Waals surface area (Å²) in [5.74, 6) is 1.02. The summed E-state index contributed by atoms with van der Waals surface area (Å²) in [6, 6.07) is 12.7. The van der Waals surface area contributed by atoms with E-state index < -0.39 is 37.3 Å². The summed E-state index contributed by atoms with van der Waals surface area (Å²) in [6.45, 7) is 2.33. The van der Waals surface area contributed by atoms with Crippen LogP contribution in [0.5, 0.6) is 11.5 Å². The lowest BCUT2D eigenvalue weighted by Crippen LogP contribution is -2.59. The Labute approximate surface area is 183 Å². The molecule has 3 aromatic rings. The number of ether oxygens (including phenoxy) is 2. The third-order valence-electron chi connectivity index (χ3n) is 5.15. The number of aromatic nitrogens is 3. The second kappa shape index (κ2) is 9.77. The maximum absolute atomic E-state index is 10.2. The molecule has 32 heavy (non-hydrogen) atoms. The molecule has 2 aromatic carbocycles. The van der Waals surface area contributed by atoms with Crippen LogP contribution in [0.2, 0.25) is 0 Å². The van der Waals surface area contributed by atoms with Crippen molar-refractivity contribution < 1.29 is 39.7 Å². The van der Waals surface area contributed by atoms with Crippen molar-refractivity contribution in [2.24, 2.45) is 0 Å². The quantitative estimate of drug-likeness (QED) is 0.274. The summed E-state index contributed by atoms with van der Waals surface area (Å²) in [6.07, 6.45) is -7.15. The van der Waals surface area contributed by atoms with Gasteiger partial charge in [0.2, 0.25) is 0 Å². The van der Waals surface area contributed by atoms with Gasteiger partial charge in [-0.25, -0.2) is 4.68 Å². The van der Waals surface area contributed by atoms with Crippen LogP contribution in [0.25, 0.3) is 11.0 Å². The summed E-state index contributed by atoms with van der Waals surface area (Å²) in [5.41, 5.74) is 2.05. The zero-order valence-electron chi connectivity index (χ0n) is 17.3. The fraction of sp³-hybridized carbons (Fsp3) is 0.429. The Morgan fingerprint density at radius 3 is 2.56 bits per heavy atom. The van der Waals surface area contributed by atoms with Crippen LogP contribution in [-0.2, 0) is 16.2 Å². The molecule has 0 spiro atoms. The Kier molecular flexibility index (Phi) is 6.84. The van der Waals surface area contributed by atoms with Crippen molar-refractivity contribution in [1.29, 1.82) is 0 Å². The van der Waals surface area contributed by atoms with Crippen LogP contribution in [0.4, 0.5) is 0 Å². The molecule has 0 bridgehead atoms. The monoisotopic (exact) mass is 447 g/mol. The molecule has 1 aliphatic rings. The van der Waals surface area contributed by atoms with Gasteiger partial charge in [-0.2, -0.15) is 4.89 Å². The van der Waals surface area contributed by atoms with Crippen LogP contribution < -0.4 is 9.62 Å². The molecule has 1 fully saturated rings. The van der Waals surface area contributed by atoms with Gasteiger partial charge in [-0.3, -0.25) is 0 Å². The molecule has 11 heteroatoms. The lowest BCUT2D eigenvalue weighted by molar-refractivity contribution is -0.364. The lowest BCUT2D eigenvalue weighted by Gasteiger charge is -2.38. The zero-order chi connectivity index (χ0) is 22.7. The molecule has 0 saturated carbocycles. The highest BCUT2D eigenvalue weighted by molar-refractivity contribution is 5.81. The predicted molar refractivity (Wildman–Crippen MR) is 110 cm³/mol. The topological polar surface area (TPSA) is 149 Å². The Morgan fingerprint density at radius 2 is 1.84 bits per heavy atom. The fourth-order valence-electron chi connectivity index (χ4n) is 3.49. The van der Waals surface area contributed by atoms with Gasteiger partial charge in [0, 0.05) is 0 Å². The van der Waals surface area contributed by atoms with E-state index in [0.717, 1.165) is 11.3 Å². The fourth-order valence-corrected chi connectivity index (χ4v) is 3.49.